The Morgan fingerprint density at radius 3 is 2.55 bits per heavy atom. The van der Waals surface area contributed by atoms with Crippen LogP contribution >= 0.6 is 0 Å². The van der Waals surface area contributed by atoms with Crippen LogP contribution in [0.15, 0.2) is 23.1 Å². The van der Waals surface area contributed by atoms with Gasteiger partial charge in [-0.3, -0.25) is 4.79 Å². The second kappa shape index (κ2) is 5.16. The summed E-state index contributed by atoms with van der Waals surface area (Å²) in [6.07, 6.45) is -1.03. The van der Waals surface area contributed by atoms with Gasteiger partial charge in [0.15, 0.2) is 0 Å². The molecular weight excluding hydrogens is 282 g/mol. The van der Waals surface area contributed by atoms with Gasteiger partial charge < -0.3 is 10.2 Å². The minimum absolute atomic E-state index is 0.0839. The predicted octanol–water partition coefficient (Wildman–Crippen LogP) is 0.512. The zero-order chi connectivity index (χ0) is 15.1. The number of carbonyl (C=O) groups is 1. The molecule has 20 heavy (non-hydrogen) atoms. The number of carboxylic acid groups (broad SMARTS) is 1. The predicted molar refractivity (Wildman–Crippen MR) is 71.9 cm³/mol. The average Bonchev–Trinajstić information content (AvgIpc) is 2.71. The lowest BCUT2D eigenvalue weighted by atomic mass is 10.2. The summed E-state index contributed by atoms with van der Waals surface area (Å²) in [5.74, 6) is -1.24. The lowest BCUT2D eigenvalue weighted by molar-refractivity contribution is -0.140. The highest BCUT2D eigenvalue weighted by molar-refractivity contribution is 7.89. The zero-order valence-electron chi connectivity index (χ0n) is 11.3. The van der Waals surface area contributed by atoms with E-state index in [0.29, 0.717) is 5.56 Å². The van der Waals surface area contributed by atoms with E-state index in [1.54, 1.807) is 19.1 Å². The number of rotatable bonds is 3. The fraction of sp³-hybridized carbons (Fsp3) is 0.462. The SMILES string of the molecule is Cc1ccc(S(=O)(=O)N2C[C@H](O)C[C@@H]2C(=O)O)c(C)c1. The molecule has 2 rings (SSSR count). The van der Waals surface area contributed by atoms with E-state index in [9.17, 15) is 18.3 Å². The molecule has 0 spiro atoms. The maximum atomic E-state index is 12.6. The van der Waals surface area contributed by atoms with Crippen LogP contribution in [0.5, 0.6) is 0 Å². The van der Waals surface area contributed by atoms with E-state index in [0.717, 1.165) is 9.87 Å². The Balaban J connectivity index is 2.46. The summed E-state index contributed by atoms with van der Waals surface area (Å²) in [6, 6.07) is 3.66. The lowest BCUT2D eigenvalue weighted by Gasteiger charge is -2.21. The maximum Gasteiger partial charge on any atom is 0.322 e. The van der Waals surface area contributed by atoms with Crippen LogP contribution in [0.3, 0.4) is 0 Å². The summed E-state index contributed by atoms with van der Waals surface area (Å²) in [5.41, 5.74) is 1.49. The van der Waals surface area contributed by atoms with Crippen molar-refractivity contribution in [2.45, 2.75) is 37.3 Å². The monoisotopic (exact) mass is 299 g/mol. The van der Waals surface area contributed by atoms with Crippen LogP contribution in [-0.2, 0) is 14.8 Å². The van der Waals surface area contributed by atoms with Crippen molar-refractivity contribution in [3.63, 3.8) is 0 Å². The molecule has 1 aromatic rings. The molecule has 110 valence electrons. The van der Waals surface area contributed by atoms with Gasteiger partial charge in [-0.25, -0.2) is 8.42 Å². The normalized spacial score (nSPS) is 23.9. The molecule has 1 heterocycles. The van der Waals surface area contributed by atoms with Crippen LogP contribution < -0.4 is 0 Å². The highest BCUT2D eigenvalue weighted by atomic mass is 32.2. The van der Waals surface area contributed by atoms with Crippen molar-refractivity contribution >= 4 is 16.0 Å². The van der Waals surface area contributed by atoms with E-state index >= 15 is 0 Å². The van der Waals surface area contributed by atoms with Gasteiger partial charge >= 0.3 is 5.97 Å². The van der Waals surface area contributed by atoms with Crippen molar-refractivity contribution in [2.75, 3.05) is 6.54 Å². The third-order valence-electron chi connectivity index (χ3n) is 3.44. The molecule has 1 aliphatic heterocycles. The van der Waals surface area contributed by atoms with Crippen LogP contribution in [0.1, 0.15) is 17.5 Å². The number of aryl methyl sites for hydroxylation is 2. The minimum Gasteiger partial charge on any atom is -0.480 e. The van der Waals surface area contributed by atoms with Gasteiger partial charge in [0, 0.05) is 13.0 Å². The fourth-order valence-corrected chi connectivity index (χ4v) is 4.33. The van der Waals surface area contributed by atoms with Crippen molar-refractivity contribution in [1.82, 2.24) is 4.31 Å². The largest absolute Gasteiger partial charge is 0.480 e. The van der Waals surface area contributed by atoms with E-state index in [-0.39, 0.29) is 17.9 Å². The molecule has 6 nitrogen and oxygen atoms in total. The molecule has 1 aliphatic rings. The second-order valence-corrected chi connectivity index (χ2v) is 6.95. The van der Waals surface area contributed by atoms with Crippen LogP contribution in [0.2, 0.25) is 0 Å². The van der Waals surface area contributed by atoms with Gasteiger partial charge in [-0.15, -0.1) is 0 Å². The molecule has 2 N–H and O–H groups in total. The van der Waals surface area contributed by atoms with Crippen LogP contribution in [0.25, 0.3) is 0 Å². The van der Waals surface area contributed by atoms with E-state index in [2.05, 4.69) is 0 Å². The number of β-amino-alcohol motifs (C(OH)–C–C–N with tert-alkyl or cyclic N) is 1. The average molecular weight is 299 g/mol. The van der Waals surface area contributed by atoms with Crippen molar-refractivity contribution in [2.24, 2.45) is 0 Å². The molecule has 7 heteroatoms. The Bertz CT molecular complexity index is 640. The van der Waals surface area contributed by atoms with Gasteiger partial charge in [0.25, 0.3) is 0 Å². The van der Waals surface area contributed by atoms with Crippen molar-refractivity contribution in [3.05, 3.63) is 29.3 Å². The summed E-state index contributed by atoms with van der Waals surface area (Å²) in [4.78, 5) is 11.2. The van der Waals surface area contributed by atoms with E-state index in [1.807, 2.05) is 6.92 Å². The second-order valence-electron chi connectivity index (χ2n) is 5.09. The van der Waals surface area contributed by atoms with E-state index < -0.39 is 28.1 Å². The third-order valence-corrected chi connectivity index (χ3v) is 5.47. The first kappa shape index (κ1) is 15.0. The number of carboxylic acids is 1. The Morgan fingerprint density at radius 1 is 1.35 bits per heavy atom. The molecular formula is C13H17NO5S. The maximum absolute atomic E-state index is 12.6. The van der Waals surface area contributed by atoms with Gasteiger partial charge in [0.2, 0.25) is 10.0 Å². The molecule has 0 amide bonds. The van der Waals surface area contributed by atoms with Crippen LogP contribution in [0.4, 0.5) is 0 Å². The Morgan fingerprint density at radius 2 is 2.00 bits per heavy atom. The molecule has 0 bridgehead atoms. The molecule has 0 saturated carbocycles. The van der Waals surface area contributed by atoms with Gasteiger partial charge in [-0.05, 0) is 25.5 Å². The number of aliphatic hydroxyl groups excluding tert-OH is 1. The van der Waals surface area contributed by atoms with Crippen LogP contribution in [0, 0.1) is 13.8 Å². The highest BCUT2D eigenvalue weighted by Gasteiger charge is 2.43. The molecule has 0 aliphatic carbocycles. The van der Waals surface area contributed by atoms with E-state index in [1.165, 1.54) is 6.07 Å². The Kier molecular flexibility index (Phi) is 3.86. The molecule has 0 aromatic heterocycles. The molecule has 1 fully saturated rings. The van der Waals surface area contributed by atoms with Gasteiger partial charge in [0.05, 0.1) is 11.0 Å². The quantitative estimate of drug-likeness (QED) is 0.848. The summed E-state index contributed by atoms with van der Waals surface area (Å²) in [5, 5.41) is 18.7. The number of sulfonamides is 1. The standard InChI is InChI=1S/C13H17NO5S/c1-8-3-4-12(9(2)5-8)20(18,19)14-7-10(15)6-11(14)13(16)17/h3-5,10-11,15H,6-7H2,1-2H3,(H,16,17)/t10-,11-/m1/s1. The number of aliphatic hydroxyl groups is 1. The summed E-state index contributed by atoms with van der Waals surface area (Å²) in [7, 11) is -3.92. The van der Waals surface area contributed by atoms with E-state index in [4.69, 9.17) is 5.11 Å². The first-order chi connectivity index (χ1) is 9.23. The summed E-state index contributed by atoms with van der Waals surface area (Å²) in [6.45, 7) is 3.33. The lowest BCUT2D eigenvalue weighted by Crippen LogP contribution is -2.40. The van der Waals surface area contributed by atoms with Gasteiger partial charge in [0.1, 0.15) is 6.04 Å². The van der Waals surface area contributed by atoms with Gasteiger partial charge in [-0.1, -0.05) is 17.7 Å². The Labute approximate surface area is 117 Å². The smallest absolute Gasteiger partial charge is 0.322 e. The number of benzene rings is 1. The van der Waals surface area contributed by atoms with Crippen molar-refractivity contribution in [1.29, 1.82) is 0 Å². The minimum atomic E-state index is -3.92. The number of hydrogen-bond donors (Lipinski definition) is 2. The van der Waals surface area contributed by atoms with Crippen molar-refractivity contribution in [3.8, 4) is 0 Å². The molecule has 0 unspecified atom stereocenters. The molecule has 1 saturated heterocycles. The number of hydrogen-bond acceptors (Lipinski definition) is 4. The molecule has 0 radical (unpaired) electrons. The topological polar surface area (TPSA) is 94.9 Å². The summed E-state index contributed by atoms with van der Waals surface area (Å²) < 4.78 is 26.0. The Hall–Kier alpha value is -1.44. The first-order valence-electron chi connectivity index (χ1n) is 6.23. The van der Waals surface area contributed by atoms with Crippen LogP contribution in [-0.4, -0.2) is 47.6 Å². The third kappa shape index (κ3) is 2.56. The molecule has 2 atom stereocenters. The first-order valence-corrected chi connectivity index (χ1v) is 7.67. The zero-order valence-corrected chi connectivity index (χ0v) is 12.1. The highest BCUT2D eigenvalue weighted by Crippen LogP contribution is 2.28. The number of aliphatic carboxylic acids is 1. The number of nitrogens with zero attached hydrogens (tertiary/aromatic N) is 1. The van der Waals surface area contributed by atoms with Crippen molar-refractivity contribution < 1.29 is 23.4 Å². The fourth-order valence-electron chi connectivity index (χ4n) is 2.49. The van der Waals surface area contributed by atoms with Gasteiger partial charge in [-0.2, -0.15) is 4.31 Å². The molecule has 1 aromatic carbocycles. The summed E-state index contributed by atoms with van der Waals surface area (Å²) >= 11 is 0.